The van der Waals surface area contributed by atoms with Gasteiger partial charge in [-0.15, -0.1) is 0 Å². The minimum absolute atomic E-state index is 0.0133. The predicted molar refractivity (Wildman–Crippen MR) is 111 cm³/mol. The van der Waals surface area contributed by atoms with Gasteiger partial charge in [0.15, 0.2) is 6.73 Å². The molecule has 0 N–H and O–H groups in total. The molecular formula is C23H24N4O3. The van der Waals surface area contributed by atoms with Crippen LogP contribution in [0.3, 0.4) is 0 Å². The molecule has 154 valence electrons. The molecule has 30 heavy (non-hydrogen) atoms. The molecule has 1 amide bonds. The van der Waals surface area contributed by atoms with Crippen LogP contribution in [0.15, 0.2) is 48.9 Å². The standard InChI is InChI=1S/C23H24N4O3/c1-26-14-17(12-25-26)21-11-19(8-9-24-21)30-18-6-7-22-20(10-18)23(28)27(15-29-22)13-16-4-2-3-5-16/h6-12,14,16H,2-5,13,15H2,1H3. The summed E-state index contributed by atoms with van der Waals surface area (Å²) in [4.78, 5) is 19.2. The molecule has 2 aliphatic rings. The molecule has 1 aliphatic heterocycles. The van der Waals surface area contributed by atoms with Crippen molar-refractivity contribution in [1.29, 1.82) is 0 Å². The van der Waals surface area contributed by atoms with E-state index in [1.807, 2.05) is 30.3 Å². The van der Waals surface area contributed by atoms with Gasteiger partial charge >= 0.3 is 0 Å². The second-order valence-corrected chi connectivity index (χ2v) is 7.99. The maximum atomic E-state index is 13.0. The molecule has 0 radical (unpaired) electrons. The molecule has 3 aromatic rings. The van der Waals surface area contributed by atoms with Crippen molar-refractivity contribution in [2.24, 2.45) is 13.0 Å². The Hall–Kier alpha value is -3.35. The molecule has 3 heterocycles. The largest absolute Gasteiger partial charge is 0.472 e. The summed E-state index contributed by atoms with van der Waals surface area (Å²) in [6, 6.07) is 9.05. The van der Waals surface area contributed by atoms with E-state index < -0.39 is 0 Å². The van der Waals surface area contributed by atoms with E-state index in [4.69, 9.17) is 9.47 Å². The lowest BCUT2D eigenvalue weighted by molar-refractivity contribution is 0.0476. The molecule has 0 atom stereocenters. The molecule has 1 saturated carbocycles. The van der Waals surface area contributed by atoms with Crippen molar-refractivity contribution in [2.45, 2.75) is 25.7 Å². The average molecular weight is 404 g/mol. The minimum Gasteiger partial charge on any atom is -0.472 e. The van der Waals surface area contributed by atoms with Gasteiger partial charge in [-0.3, -0.25) is 14.5 Å². The first-order chi connectivity index (χ1) is 14.7. The van der Waals surface area contributed by atoms with Crippen molar-refractivity contribution >= 4 is 5.91 Å². The summed E-state index contributed by atoms with van der Waals surface area (Å²) < 4.78 is 13.6. The van der Waals surface area contributed by atoms with Crippen LogP contribution in [0.1, 0.15) is 36.0 Å². The van der Waals surface area contributed by atoms with Crippen LogP contribution in [0.5, 0.6) is 17.2 Å². The Labute approximate surface area is 175 Å². The molecule has 0 unspecified atom stereocenters. The monoisotopic (exact) mass is 404 g/mol. The Morgan fingerprint density at radius 3 is 2.80 bits per heavy atom. The van der Waals surface area contributed by atoms with Crippen LogP contribution in [0.4, 0.5) is 0 Å². The Bertz CT molecular complexity index is 1070. The third-order valence-electron chi connectivity index (χ3n) is 5.77. The zero-order valence-electron chi connectivity index (χ0n) is 17.0. The first-order valence-electron chi connectivity index (χ1n) is 10.3. The maximum Gasteiger partial charge on any atom is 0.260 e. The van der Waals surface area contributed by atoms with Crippen LogP contribution in [0.2, 0.25) is 0 Å². The van der Waals surface area contributed by atoms with Crippen molar-refractivity contribution in [3.63, 3.8) is 0 Å². The van der Waals surface area contributed by atoms with E-state index in [-0.39, 0.29) is 5.91 Å². The number of pyridine rings is 1. The second kappa shape index (κ2) is 7.82. The van der Waals surface area contributed by atoms with Gasteiger partial charge in [0.05, 0.1) is 17.5 Å². The quantitative estimate of drug-likeness (QED) is 0.636. The topological polar surface area (TPSA) is 69.5 Å². The molecule has 7 heteroatoms. The van der Waals surface area contributed by atoms with E-state index >= 15 is 0 Å². The Kier molecular flexibility index (Phi) is 4.86. The van der Waals surface area contributed by atoms with E-state index in [0.29, 0.717) is 35.5 Å². The van der Waals surface area contributed by atoms with Crippen LogP contribution < -0.4 is 9.47 Å². The van der Waals surface area contributed by atoms with Gasteiger partial charge < -0.3 is 14.4 Å². The van der Waals surface area contributed by atoms with Gasteiger partial charge in [-0.2, -0.15) is 5.10 Å². The van der Waals surface area contributed by atoms with Crippen LogP contribution in [-0.4, -0.2) is 38.8 Å². The zero-order valence-corrected chi connectivity index (χ0v) is 17.0. The third-order valence-corrected chi connectivity index (χ3v) is 5.77. The number of ether oxygens (including phenoxy) is 2. The number of amides is 1. The van der Waals surface area contributed by atoms with Crippen molar-refractivity contribution in [3.8, 4) is 28.5 Å². The lowest BCUT2D eigenvalue weighted by Gasteiger charge is -2.30. The van der Waals surface area contributed by atoms with E-state index in [9.17, 15) is 4.79 Å². The van der Waals surface area contributed by atoms with Crippen molar-refractivity contribution < 1.29 is 14.3 Å². The molecule has 0 spiro atoms. The Morgan fingerprint density at radius 2 is 2.00 bits per heavy atom. The first-order valence-corrected chi connectivity index (χ1v) is 10.3. The highest BCUT2D eigenvalue weighted by atomic mass is 16.5. The van der Waals surface area contributed by atoms with Gasteiger partial charge in [0.2, 0.25) is 0 Å². The van der Waals surface area contributed by atoms with Gasteiger partial charge in [0, 0.05) is 37.6 Å². The summed E-state index contributed by atoms with van der Waals surface area (Å²) >= 11 is 0. The Morgan fingerprint density at radius 1 is 1.17 bits per heavy atom. The molecule has 1 aliphatic carbocycles. The fraction of sp³-hybridized carbons (Fsp3) is 0.348. The first kappa shape index (κ1) is 18.7. The van der Waals surface area contributed by atoms with Gasteiger partial charge in [0.25, 0.3) is 5.91 Å². The van der Waals surface area contributed by atoms with E-state index in [0.717, 1.165) is 17.8 Å². The van der Waals surface area contributed by atoms with Crippen molar-refractivity contribution in [1.82, 2.24) is 19.7 Å². The highest BCUT2D eigenvalue weighted by Gasteiger charge is 2.29. The number of fused-ring (bicyclic) bond motifs is 1. The van der Waals surface area contributed by atoms with E-state index in [1.54, 1.807) is 35.3 Å². The Balaban J connectivity index is 1.34. The van der Waals surface area contributed by atoms with E-state index in [2.05, 4.69) is 10.1 Å². The predicted octanol–water partition coefficient (Wildman–Crippen LogP) is 4.26. The summed E-state index contributed by atoms with van der Waals surface area (Å²) in [5.41, 5.74) is 2.25. The molecule has 7 nitrogen and oxygen atoms in total. The van der Waals surface area contributed by atoms with E-state index in [1.165, 1.54) is 25.7 Å². The number of hydrogen-bond donors (Lipinski definition) is 0. The van der Waals surface area contributed by atoms with Crippen LogP contribution in [-0.2, 0) is 7.05 Å². The van der Waals surface area contributed by atoms with Crippen LogP contribution in [0, 0.1) is 5.92 Å². The summed E-state index contributed by atoms with van der Waals surface area (Å²) in [5, 5.41) is 4.19. The number of aryl methyl sites for hydroxylation is 1. The minimum atomic E-state index is 0.0133. The van der Waals surface area contributed by atoms with Crippen molar-refractivity contribution in [3.05, 3.63) is 54.5 Å². The van der Waals surface area contributed by atoms with Gasteiger partial charge in [-0.1, -0.05) is 12.8 Å². The number of aromatic nitrogens is 3. The summed E-state index contributed by atoms with van der Waals surface area (Å²) in [6.45, 7) is 1.09. The highest BCUT2D eigenvalue weighted by molar-refractivity contribution is 5.98. The van der Waals surface area contributed by atoms with Crippen LogP contribution >= 0.6 is 0 Å². The molecule has 2 aromatic heterocycles. The molecule has 0 saturated heterocycles. The molecular weight excluding hydrogens is 380 g/mol. The molecule has 1 fully saturated rings. The summed E-state index contributed by atoms with van der Waals surface area (Å²) in [6.07, 6.45) is 10.3. The summed E-state index contributed by atoms with van der Waals surface area (Å²) in [5.74, 6) is 2.45. The number of carbonyl (C=O) groups is 1. The molecule has 1 aromatic carbocycles. The lowest BCUT2D eigenvalue weighted by atomic mass is 10.1. The fourth-order valence-corrected chi connectivity index (χ4v) is 4.20. The number of nitrogens with zero attached hydrogens (tertiary/aromatic N) is 4. The molecule has 0 bridgehead atoms. The smallest absolute Gasteiger partial charge is 0.260 e. The number of rotatable bonds is 5. The summed E-state index contributed by atoms with van der Waals surface area (Å²) in [7, 11) is 1.87. The SMILES string of the molecule is Cn1cc(-c2cc(Oc3ccc4c(c3)C(=O)N(CC3CCCC3)CO4)ccn2)cn1. The average Bonchev–Trinajstić information content (AvgIpc) is 3.42. The van der Waals surface area contributed by atoms with Crippen molar-refractivity contribution in [2.75, 3.05) is 13.3 Å². The molecule has 5 rings (SSSR count). The highest BCUT2D eigenvalue weighted by Crippen LogP contribution is 2.33. The third kappa shape index (κ3) is 3.75. The normalized spacial score (nSPS) is 16.4. The lowest BCUT2D eigenvalue weighted by Crippen LogP contribution is -2.41. The zero-order chi connectivity index (χ0) is 20.5. The van der Waals surface area contributed by atoms with Gasteiger partial charge in [-0.05, 0) is 43.0 Å². The number of hydrogen-bond acceptors (Lipinski definition) is 5. The number of carbonyl (C=O) groups excluding carboxylic acids is 1. The maximum absolute atomic E-state index is 13.0. The second-order valence-electron chi connectivity index (χ2n) is 7.99. The fourth-order valence-electron chi connectivity index (χ4n) is 4.20. The van der Waals surface area contributed by atoms with Gasteiger partial charge in [0.1, 0.15) is 17.2 Å². The van der Waals surface area contributed by atoms with Gasteiger partial charge in [-0.25, -0.2) is 0 Å². The number of benzene rings is 1. The van der Waals surface area contributed by atoms with Crippen LogP contribution in [0.25, 0.3) is 11.3 Å².